The summed E-state index contributed by atoms with van der Waals surface area (Å²) in [7, 11) is 1.80. The minimum atomic E-state index is 0.719. The second kappa shape index (κ2) is 8.13. The first-order chi connectivity index (χ1) is 9.67. The predicted octanol–water partition coefficient (Wildman–Crippen LogP) is 2.96. The van der Waals surface area contributed by atoms with E-state index in [4.69, 9.17) is 4.74 Å². The average molecular weight is 296 g/mol. The zero-order valence-electron chi connectivity index (χ0n) is 13.0. The van der Waals surface area contributed by atoms with E-state index in [-0.39, 0.29) is 0 Å². The average Bonchev–Trinajstić information content (AvgIpc) is 3.00. The molecule has 1 aliphatic rings. The number of methoxy groups -OCH3 is 1. The van der Waals surface area contributed by atoms with Gasteiger partial charge in [-0.3, -0.25) is 4.90 Å². The molecule has 0 spiro atoms. The van der Waals surface area contributed by atoms with Gasteiger partial charge in [-0.05, 0) is 43.5 Å². The van der Waals surface area contributed by atoms with Crippen LogP contribution in [-0.4, -0.2) is 38.3 Å². The van der Waals surface area contributed by atoms with Crippen LogP contribution in [0, 0.1) is 11.8 Å². The van der Waals surface area contributed by atoms with Gasteiger partial charge in [0.25, 0.3) is 0 Å². The van der Waals surface area contributed by atoms with E-state index in [1.165, 1.54) is 29.3 Å². The van der Waals surface area contributed by atoms with Crippen molar-refractivity contribution in [3.63, 3.8) is 0 Å². The van der Waals surface area contributed by atoms with Crippen LogP contribution in [0.2, 0.25) is 0 Å². The van der Waals surface area contributed by atoms with Crippen LogP contribution in [0.5, 0.6) is 0 Å². The Labute approximate surface area is 127 Å². The highest BCUT2D eigenvalue weighted by molar-refractivity contribution is 7.11. The molecule has 1 atom stereocenters. The normalized spacial score (nSPS) is 20.1. The molecule has 0 radical (unpaired) electrons. The molecular weight excluding hydrogens is 268 g/mol. The Morgan fingerprint density at radius 1 is 1.40 bits per heavy atom. The van der Waals surface area contributed by atoms with Crippen molar-refractivity contribution in [3.05, 3.63) is 21.9 Å². The van der Waals surface area contributed by atoms with Crippen molar-refractivity contribution in [3.8, 4) is 0 Å². The zero-order valence-corrected chi connectivity index (χ0v) is 13.8. The molecule has 4 heteroatoms. The van der Waals surface area contributed by atoms with Crippen molar-refractivity contribution in [1.82, 2.24) is 10.2 Å². The van der Waals surface area contributed by atoms with Gasteiger partial charge in [0.05, 0.1) is 6.61 Å². The molecule has 0 aliphatic carbocycles. The van der Waals surface area contributed by atoms with E-state index in [0.717, 1.165) is 38.1 Å². The first-order valence-electron chi connectivity index (χ1n) is 7.67. The minimum Gasteiger partial charge on any atom is -0.384 e. The maximum absolute atomic E-state index is 5.26. The van der Waals surface area contributed by atoms with Crippen LogP contribution in [0.25, 0.3) is 0 Å². The maximum Gasteiger partial charge on any atom is 0.0503 e. The van der Waals surface area contributed by atoms with Gasteiger partial charge in [-0.2, -0.15) is 0 Å². The number of rotatable bonds is 8. The fourth-order valence-electron chi connectivity index (χ4n) is 2.73. The number of hydrogen-bond donors (Lipinski definition) is 1. The molecule has 2 heterocycles. The highest BCUT2D eigenvalue weighted by atomic mass is 32.1. The largest absolute Gasteiger partial charge is 0.384 e. The van der Waals surface area contributed by atoms with Crippen LogP contribution in [0.4, 0.5) is 0 Å². The van der Waals surface area contributed by atoms with Crippen molar-refractivity contribution < 1.29 is 4.74 Å². The summed E-state index contributed by atoms with van der Waals surface area (Å²) in [6.45, 7) is 11.0. The quantitative estimate of drug-likeness (QED) is 0.798. The van der Waals surface area contributed by atoms with Gasteiger partial charge in [0.1, 0.15) is 0 Å². The lowest BCUT2D eigenvalue weighted by molar-refractivity contribution is 0.153. The van der Waals surface area contributed by atoms with Crippen LogP contribution in [0.15, 0.2) is 12.1 Å². The molecule has 2 rings (SSSR count). The molecule has 1 aliphatic heterocycles. The van der Waals surface area contributed by atoms with Crippen molar-refractivity contribution in [1.29, 1.82) is 0 Å². The summed E-state index contributed by atoms with van der Waals surface area (Å²) in [4.78, 5) is 5.50. The lowest BCUT2D eigenvalue weighted by Crippen LogP contribution is -2.20. The monoisotopic (exact) mass is 296 g/mol. The van der Waals surface area contributed by atoms with Crippen LogP contribution in [-0.2, 0) is 17.8 Å². The van der Waals surface area contributed by atoms with Crippen molar-refractivity contribution in [2.45, 2.75) is 33.4 Å². The van der Waals surface area contributed by atoms with Crippen molar-refractivity contribution in [2.75, 3.05) is 33.4 Å². The Morgan fingerprint density at radius 3 is 2.95 bits per heavy atom. The van der Waals surface area contributed by atoms with E-state index in [2.05, 4.69) is 36.2 Å². The Kier molecular flexibility index (Phi) is 6.49. The Bertz CT molecular complexity index is 392. The van der Waals surface area contributed by atoms with E-state index in [1.54, 1.807) is 7.11 Å². The Hall–Kier alpha value is -0.420. The van der Waals surface area contributed by atoms with Crippen LogP contribution in [0.1, 0.15) is 30.0 Å². The van der Waals surface area contributed by atoms with Crippen molar-refractivity contribution in [2.24, 2.45) is 11.8 Å². The topological polar surface area (TPSA) is 24.5 Å². The third-order valence-corrected chi connectivity index (χ3v) is 4.79. The SMILES string of the molecule is COCC1CCN(Cc2ccc(CNCC(C)C)s2)C1. The number of nitrogens with one attached hydrogen (secondary N) is 1. The van der Waals surface area contributed by atoms with E-state index < -0.39 is 0 Å². The number of thiophene rings is 1. The summed E-state index contributed by atoms with van der Waals surface area (Å²) in [5, 5.41) is 3.51. The van der Waals surface area contributed by atoms with Gasteiger partial charge in [-0.15, -0.1) is 11.3 Å². The summed E-state index contributed by atoms with van der Waals surface area (Å²) in [5.41, 5.74) is 0. The Morgan fingerprint density at radius 2 is 2.20 bits per heavy atom. The number of hydrogen-bond acceptors (Lipinski definition) is 4. The first kappa shape index (κ1) is 16.0. The molecule has 1 fully saturated rings. The maximum atomic E-state index is 5.26. The van der Waals surface area contributed by atoms with Crippen LogP contribution < -0.4 is 5.32 Å². The minimum absolute atomic E-state index is 0.719. The molecule has 0 bridgehead atoms. The van der Waals surface area contributed by atoms with E-state index in [1.807, 2.05) is 11.3 Å². The molecule has 114 valence electrons. The third kappa shape index (κ3) is 5.17. The Balaban J connectivity index is 1.73. The second-order valence-corrected chi connectivity index (χ2v) is 7.49. The van der Waals surface area contributed by atoms with Gasteiger partial charge >= 0.3 is 0 Å². The van der Waals surface area contributed by atoms with Crippen LogP contribution >= 0.6 is 11.3 Å². The molecule has 20 heavy (non-hydrogen) atoms. The standard InChI is InChI=1S/C16H28N2OS/c1-13(2)8-17-9-15-4-5-16(20-15)11-18-7-6-14(10-18)12-19-3/h4-5,13-14,17H,6-12H2,1-3H3. The number of ether oxygens (including phenoxy) is 1. The number of nitrogens with zero attached hydrogens (tertiary/aromatic N) is 1. The molecule has 0 saturated carbocycles. The van der Waals surface area contributed by atoms with E-state index >= 15 is 0 Å². The van der Waals surface area contributed by atoms with Gasteiger partial charge in [0, 0.05) is 36.5 Å². The molecular formula is C16H28N2OS. The van der Waals surface area contributed by atoms with Crippen molar-refractivity contribution >= 4 is 11.3 Å². The summed E-state index contributed by atoms with van der Waals surface area (Å²) in [6, 6.07) is 4.57. The summed E-state index contributed by atoms with van der Waals surface area (Å²) < 4.78 is 5.26. The van der Waals surface area contributed by atoms with Crippen LogP contribution in [0.3, 0.4) is 0 Å². The van der Waals surface area contributed by atoms with Gasteiger partial charge in [0.2, 0.25) is 0 Å². The molecule has 1 unspecified atom stereocenters. The molecule has 3 nitrogen and oxygen atoms in total. The van der Waals surface area contributed by atoms with E-state index in [0.29, 0.717) is 0 Å². The van der Waals surface area contributed by atoms with Gasteiger partial charge in [0.15, 0.2) is 0 Å². The summed E-state index contributed by atoms with van der Waals surface area (Å²) in [6.07, 6.45) is 1.28. The molecule has 1 aromatic rings. The fraction of sp³-hybridized carbons (Fsp3) is 0.750. The smallest absolute Gasteiger partial charge is 0.0503 e. The third-order valence-electron chi connectivity index (χ3n) is 3.72. The van der Waals surface area contributed by atoms with E-state index in [9.17, 15) is 0 Å². The molecule has 0 aromatic carbocycles. The molecule has 1 N–H and O–H groups in total. The summed E-state index contributed by atoms with van der Waals surface area (Å²) >= 11 is 1.95. The highest BCUT2D eigenvalue weighted by Gasteiger charge is 2.22. The fourth-order valence-corrected chi connectivity index (χ4v) is 3.77. The summed E-state index contributed by atoms with van der Waals surface area (Å²) in [5.74, 6) is 1.45. The second-order valence-electron chi connectivity index (χ2n) is 6.24. The molecule has 0 amide bonds. The van der Waals surface area contributed by atoms with Gasteiger partial charge < -0.3 is 10.1 Å². The molecule has 1 saturated heterocycles. The zero-order chi connectivity index (χ0) is 14.4. The molecule has 1 aromatic heterocycles. The highest BCUT2D eigenvalue weighted by Crippen LogP contribution is 2.23. The first-order valence-corrected chi connectivity index (χ1v) is 8.48. The van der Waals surface area contributed by atoms with Gasteiger partial charge in [-0.1, -0.05) is 13.8 Å². The van der Waals surface area contributed by atoms with Gasteiger partial charge in [-0.25, -0.2) is 0 Å². The predicted molar refractivity (Wildman–Crippen MR) is 86.1 cm³/mol. The number of likely N-dealkylation sites (tertiary alicyclic amines) is 1. The lowest BCUT2D eigenvalue weighted by atomic mass is 10.1. The lowest BCUT2D eigenvalue weighted by Gasteiger charge is -2.14.